The van der Waals surface area contributed by atoms with Crippen LogP contribution in [0.5, 0.6) is 0 Å². The van der Waals surface area contributed by atoms with Crippen molar-refractivity contribution in [3.05, 3.63) is 67.5 Å². The van der Waals surface area contributed by atoms with Crippen LogP contribution in [0, 0.1) is 0 Å². The lowest BCUT2D eigenvalue weighted by Crippen LogP contribution is -2.37. The van der Waals surface area contributed by atoms with E-state index < -0.39 is 17.2 Å². The number of anilines is 1. The van der Waals surface area contributed by atoms with Crippen molar-refractivity contribution in [3.8, 4) is 0 Å². The van der Waals surface area contributed by atoms with Crippen LogP contribution in [-0.4, -0.2) is 27.0 Å². The summed E-state index contributed by atoms with van der Waals surface area (Å²) in [6.45, 7) is 0. The van der Waals surface area contributed by atoms with E-state index in [1.165, 1.54) is 43.1 Å². The highest BCUT2D eigenvalue weighted by atomic mass is 35.5. The van der Waals surface area contributed by atoms with E-state index in [1.54, 1.807) is 12.1 Å². The lowest BCUT2D eigenvalue weighted by molar-refractivity contribution is -0.111. The molecule has 0 atom stereocenters. The molecule has 0 aliphatic heterocycles. The molecule has 1 aromatic heterocycles. The van der Waals surface area contributed by atoms with Crippen LogP contribution in [0.4, 0.5) is 5.69 Å². The minimum Gasteiger partial charge on any atom is -0.349 e. The molecule has 1 aliphatic carbocycles. The van der Waals surface area contributed by atoms with Crippen molar-refractivity contribution in [3.63, 3.8) is 0 Å². The highest BCUT2D eigenvalue weighted by Gasteiger charge is 2.24. The molecule has 1 aromatic carbocycles. The number of aryl methyl sites for hydroxylation is 1. The third-order valence-corrected chi connectivity index (χ3v) is 4.59. The fourth-order valence-electron chi connectivity index (χ4n) is 2.57. The Kier molecular flexibility index (Phi) is 5.51. The Morgan fingerprint density at radius 2 is 1.93 bits per heavy atom. The van der Waals surface area contributed by atoms with Gasteiger partial charge in [-0.25, -0.2) is 4.79 Å². The zero-order valence-electron chi connectivity index (χ0n) is 15.4. The van der Waals surface area contributed by atoms with Crippen molar-refractivity contribution in [2.75, 3.05) is 5.32 Å². The fraction of sp³-hybridized carbons (Fsp3) is 0.263. The summed E-state index contributed by atoms with van der Waals surface area (Å²) < 4.78 is 2.22. The predicted octanol–water partition coefficient (Wildman–Crippen LogP) is 1.28. The van der Waals surface area contributed by atoms with Gasteiger partial charge < -0.3 is 15.2 Å². The van der Waals surface area contributed by atoms with Crippen LogP contribution in [0.25, 0.3) is 6.08 Å². The van der Waals surface area contributed by atoms with Gasteiger partial charge in [0.15, 0.2) is 0 Å². The third-order valence-electron chi connectivity index (χ3n) is 4.28. The molecule has 0 saturated heterocycles. The Morgan fingerprint density at radius 1 is 1.21 bits per heavy atom. The van der Waals surface area contributed by atoms with E-state index >= 15 is 0 Å². The molecule has 1 saturated carbocycles. The summed E-state index contributed by atoms with van der Waals surface area (Å²) in [7, 11) is 2.88. The van der Waals surface area contributed by atoms with Gasteiger partial charge in [-0.1, -0.05) is 11.6 Å². The smallest absolute Gasteiger partial charge is 0.330 e. The van der Waals surface area contributed by atoms with Crippen LogP contribution in [-0.2, 0) is 18.9 Å². The molecular formula is C19H19ClN4O4. The molecule has 2 amide bonds. The topological polar surface area (TPSA) is 102 Å². The van der Waals surface area contributed by atoms with Crippen molar-refractivity contribution < 1.29 is 9.59 Å². The number of carbonyl (C=O) groups excluding carboxylic acids is 2. The molecule has 0 unspecified atom stereocenters. The van der Waals surface area contributed by atoms with Crippen molar-refractivity contribution in [2.24, 2.45) is 14.1 Å². The summed E-state index contributed by atoms with van der Waals surface area (Å²) in [5, 5.41) is 5.69. The third kappa shape index (κ3) is 4.40. The van der Waals surface area contributed by atoms with Gasteiger partial charge in [-0.05, 0) is 37.1 Å². The molecule has 0 radical (unpaired) electrons. The molecule has 146 valence electrons. The molecule has 0 bridgehead atoms. The van der Waals surface area contributed by atoms with E-state index in [9.17, 15) is 19.2 Å². The van der Waals surface area contributed by atoms with Gasteiger partial charge in [0.1, 0.15) is 0 Å². The summed E-state index contributed by atoms with van der Waals surface area (Å²) in [6.07, 6.45) is 5.82. The van der Waals surface area contributed by atoms with Gasteiger partial charge in [0.05, 0.1) is 16.1 Å². The average Bonchev–Trinajstić information content (AvgIpc) is 3.45. The van der Waals surface area contributed by atoms with E-state index in [4.69, 9.17) is 11.6 Å². The van der Waals surface area contributed by atoms with Gasteiger partial charge >= 0.3 is 5.69 Å². The SMILES string of the molecule is Cn1cc(/C=C/C(=O)Nc2ccc(C(=O)NC3CC3)c(Cl)c2)c(=O)n(C)c1=O. The number of nitrogens with one attached hydrogen (secondary N) is 2. The lowest BCUT2D eigenvalue weighted by Gasteiger charge is -2.08. The summed E-state index contributed by atoms with van der Waals surface area (Å²) in [4.78, 5) is 47.9. The quantitative estimate of drug-likeness (QED) is 0.735. The van der Waals surface area contributed by atoms with E-state index in [0.717, 1.165) is 17.4 Å². The standard InChI is InChI=1S/C19H19ClN4O4/c1-23-10-11(18(27)24(2)19(23)28)3-8-16(25)21-13-6-7-14(15(20)9-13)17(26)22-12-4-5-12/h3,6-10,12H,4-5H2,1-2H3,(H,21,25)(H,22,26)/b8-3+. The number of halogens is 1. The van der Waals surface area contributed by atoms with E-state index in [-0.39, 0.29) is 22.5 Å². The van der Waals surface area contributed by atoms with Gasteiger partial charge in [-0.2, -0.15) is 0 Å². The number of amides is 2. The Hall–Kier alpha value is -3.13. The Labute approximate surface area is 165 Å². The summed E-state index contributed by atoms with van der Waals surface area (Å²) >= 11 is 6.15. The fourth-order valence-corrected chi connectivity index (χ4v) is 2.83. The first-order chi connectivity index (χ1) is 13.3. The Balaban J connectivity index is 1.70. The first kappa shape index (κ1) is 19.6. The highest BCUT2D eigenvalue weighted by Crippen LogP contribution is 2.24. The molecule has 9 heteroatoms. The lowest BCUT2D eigenvalue weighted by atomic mass is 10.2. The molecule has 28 heavy (non-hydrogen) atoms. The van der Waals surface area contributed by atoms with Crippen LogP contribution in [0.3, 0.4) is 0 Å². The molecule has 3 rings (SSSR count). The average molecular weight is 403 g/mol. The number of hydrogen-bond donors (Lipinski definition) is 2. The number of hydrogen-bond acceptors (Lipinski definition) is 4. The molecule has 2 N–H and O–H groups in total. The van der Waals surface area contributed by atoms with Crippen molar-refractivity contribution in [1.82, 2.24) is 14.5 Å². The van der Waals surface area contributed by atoms with E-state index in [1.807, 2.05) is 0 Å². The molecule has 2 aromatic rings. The minimum absolute atomic E-state index is 0.199. The summed E-state index contributed by atoms with van der Waals surface area (Å²) in [5.74, 6) is -0.724. The van der Waals surface area contributed by atoms with Gasteiger partial charge in [0, 0.05) is 38.1 Å². The van der Waals surface area contributed by atoms with Crippen molar-refractivity contribution >= 4 is 35.2 Å². The summed E-state index contributed by atoms with van der Waals surface area (Å²) in [5.41, 5.74) is 0.00458. The van der Waals surface area contributed by atoms with E-state index in [0.29, 0.717) is 11.3 Å². The molecule has 1 fully saturated rings. The van der Waals surface area contributed by atoms with Crippen LogP contribution in [0.2, 0.25) is 5.02 Å². The van der Waals surface area contributed by atoms with Crippen molar-refractivity contribution in [2.45, 2.75) is 18.9 Å². The monoisotopic (exact) mass is 402 g/mol. The molecule has 8 nitrogen and oxygen atoms in total. The van der Waals surface area contributed by atoms with Crippen LogP contribution < -0.4 is 21.9 Å². The number of benzene rings is 1. The molecular weight excluding hydrogens is 384 g/mol. The molecule has 0 spiro atoms. The first-order valence-corrected chi connectivity index (χ1v) is 9.00. The second-order valence-corrected chi connectivity index (χ2v) is 7.01. The first-order valence-electron chi connectivity index (χ1n) is 8.62. The maximum Gasteiger partial charge on any atom is 0.330 e. The molecule has 1 heterocycles. The number of carbonyl (C=O) groups is 2. The Morgan fingerprint density at radius 3 is 2.57 bits per heavy atom. The minimum atomic E-state index is -0.499. The van der Waals surface area contributed by atoms with Gasteiger partial charge in [0.25, 0.3) is 11.5 Å². The highest BCUT2D eigenvalue weighted by molar-refractivity contribution is 6.34. The van der Waals surface area contributed by atoms with Crippen molar-refractivity contribution in [1.29, 1.82) is 0 Å². The largest absolute Gasteiger partial charge is 0.349 e. The second kappa shape index (κ2) is 7.85. The Bertz CT molecular complexity index is 1100. The van der Waals surface area contributed by atoms with Crippen LogP contribution in [0.15, 0.2) is 40.1 Å². The zero-order valence-corrected chi connectivity index (χ0v) is 16.1. The maximum absolute atomic E-state index is 12.1. The second-order valence-electron chi connectivity index (χ2n) is 6.61. The zero-order chi connectivity index (χ0) is 20.4. The summed E-state index contributed by atoms with van der Waals surface area (Å²) in [6, 6.07) is 4.82. The molecule has 1 aliphatic rings. The van der Waals surface area contributed by atoms with Gasteiger partial charge in [-0.15, -0.1) is 0 Å². The van der Waals surface area contributed by atoms with Crippen LogP contribution in [0.1, 0.15) is 28.8 Å². The van der Waals surface area contributed by atoms with Crippen LogP contribution >= 0.6 is 11.6 Å². The normalized spacial score (nSPS) is 13.5. The van der Waals surface area contributed by atoms with E-state index in [2.05, 4.69) is 10.6 Å². The predicted molar refractivity (Wildman–Crippen MR) is 107 cm³/mol. The number of nitrogens with zero attached hydrogens (tertiary/aromatic N) is 2. The van der Waals surface area contributed by atoms with Gasteiger partial charge in [0.2, 0.25) is 5.91 Å². The number of aromatic nitrogens is 2. The maximum atomic E-state index is 12.1. The van der Waals surface area contributed by atoms with Gasteiger partial charge in [-0.3, -0.25) is 19.0 Å². The number of rotatable bonds is 5.